The minimum absolute atomic E-state index is 0.0466. The van der Waals surface area contributed by atoms with Crippen molar-refractivity contribution in [3.8, 4) is 0 Å². The number of amides is 2. The van der Waals surface area contributed by atoms with E-state index in [1.807, 2.05) is 7.05 Å². The normalized spacial score (nSPS) is 23.2. The van der Waals surface area contributed by atoms with Crippen LogP contribution in [0.5, 0.6) is 0 Å². The van der Waals surface area contributed by atoms with Gasteiger partial charge in [0, 0.05) is 31.7 Å². The maximum absolute atomic E-state index is 11.8. The maximum atomic E-state index is 11.8. The Kier molecular flexibility index (Phi) is 4.74. The number of carboxylic acids is 1. The van der Waals surface area contributed by atoms with Gasteiger partial charge in [0.25, 0.3) is 0 Å². The maximum Gasteiger partial charge on any atom is 0.317 e. The number of urea groups is 1. The topological polar surface area (TPSA) is 72.9 Å². The van der Waals surface area contributed by atoms with Gasteiger partial charge in [-0.05, 0) is 20.9 Å². The zero-order chi connectivity index (χ0) is 13.0. The molecule has 2 unspecified atom stereocenters. The molecule has 1 saturated heterocycles. The van der Waals surface area contributed by atoms with Crippen molar-refractivity contribution in [1.29, 1.82) is 0 Å². The molecule has 0 saturated carbocycles. The van der Waals surface area contributed by atoms with E-state index in [9.17, 15) is 9.59 Å². The first-order valence-electron chi connectivity index (χ1n) is 5.87. The largest absolute Gasteiger partial charge is 0.481 e. The first-order chi connectivity index (χ1) is 7.90. The molecule has 6 nitrogen and oxygen atoms in total. The van der Waals surface area contributed by atoms with E-state index >= 15 is 0 Å². The van der Waals surface area contributed by atoms with Crippen molar-refractivity contribution in [3.63, 3.8) is 0 Å². The average Bonchev–Trinajstić information content (AvgIpc) is 2.20. The quantitative estimate of drug-likeness (QED) is 0.742. The smallest absolute Gasteiger partial charge is 0.317 e. The Hall–Kier alpha value is -1.30. The predicted molar refractivity (Wildman–Crippen MR) is 63.9 cm³/mol. The van der Waals surface area contributed by atoms with E-state index in [2.05, 4.69) is 17.1 Å². The fourth-order valence-electron chi connectivity index (χ4n) is 1.85. The Morgan fingerprint density at radius 3 is 2.65 bits per heavy atom. The van der Waals surface area contributed by atoms with Gasteiger partial charge in [-0.1, -0.05) is 0 Å². The van der Waals surface area contributed by atoms with Gasteiger partial charge in [-0.25, -0.2) is 4.79 Å². The second kappa shape index (κ2) is 5.86. The standard InChI is InChI=1S/C11H21N3O3/c1-8(6-10(15)16)12-11(17)14-5-4-13(3)9(2)7-14/h8-9H,4-7H2,1-3H3,(H,12,17)(H,15,16). The minimum Gasteiger partial charge on any atom is -0.481 e. The summed E-state index contributed by atoms with van der Waals surface area (Å²) in [6, 6.07) is -0.169. The number of carboxylic acid groups (broad SMARTS) is 1. The number of carbonyl (C=O) groups excluding carboxylic acids is 1. The summed E-state index contributed by atoms with van der Waals surface area (Å²) in [6.07, 6.45) is -0.0466. The Balaban J connectivity index is 2.40. The van der Waals surface area contributed by atoms with Gasteiger partial charge in [0.1, 0.15) is 0 Å². The molecule has 1 aliphatic rings. The van der Waals surface area contributed by atoms with Gasteiger partial charge >= 0.3 is 12.0 Å². The summed E-state index contributed by atoms with van der Waals surface area (Å²) in [5.74, 6) is -0.899. The van der Waals surface area contributed by atoms with E-state index < -0.39 is 5.97 Å². The van der Waals surface area contributed by atoms with Gasteiger partial charge in [-0.2, -0.15) is 0 Å². The molecule has 2 atom stereocenters. The number of rotatable bonds is 3. The number of hydrogen-bond donors (Lipinski definition) is 2. The van der Waals surface area contributed by atoms with Crippen LogP contribution in [-0.4, -0.2) is 65.7 Å². The first kappa shape index (κ1) is 13.8. The zero-order valence-electron chi connectivity index (χ0n) is 10.6. The highest BCUT2D eigenvalue weighted by Crippen LogP contribution is 2.07. The highest BCUT2D eigenvalue weighted by molar-refractivity contribution is 5.76. The second-order valence-electron chi connectivity index (χ2n) is 4.72. The van der Waals surface area contributed by atoms with Crippen LogP contribution in [-0.2, 0) is 4.79 Å². The molecular weight excluding hydrogens is 222 g/mol. The van der Waals surface area contributed by atoms with Gasteiger partial charge in [0.2, 0.25) is 0 Å². The Morgan fingerprint density at radius 2 is 2.12 bits per heavy atom. The zero-order valence-corrected chi connectivity index (χ0v) is 10.6. The number of nitrogens with zero attached hydrogens (tertiary/aromatic N) is 2. The molecule has 1 heterocycles. The van der Waals surface area contributed by atoms with Crippen LogP contribution in [0, 0.1) is 0 Å². The van der Waals surface area contributed by atoms with Crippen molar-refractivity contribution in [3.05, 3.63) is 0 Å². The molecule has 0 aliphatic carbocycles. The van der Waals surface area contributed by atoms with Gasteiger partial charge in [-0.3, -0.25) is 4.79 Å². The van der Waals surface area contributed by atoms with Crippen LogP contribution in [0.1, 0.15) is 20.3 Å². The number of carbonyl (C=O) groups is 2. The molecule has 2 amide bonds. The predicted octanol–water partition coefficient (Wildman–Crippen LogP) is 0.195. The van der Waals surface area contributed by atoms with Crippen LogP contribution < -0.4 is 5.32 Å². The molecule has 0 bridgehead atoms. The average molecular weight is 243 g/mol. The van der Waals surface area contributed by atoms with Crippen molar-refractivity contribution in [1.82, 2.24) is 15.1 Å². The number of nitrogens with one attached hydrogen (secondary N) is 1. The Bertz CT molecular complexity index is 296. The highest BCUT2D eigenvalue weighted by atomic mass is 16.4. The van der Waals surface area contributed by atoms with Crippen molar-refractivity contribution in [2.24, 2.45) is 0 Å². The third kappa shape index (κ3) is 4.22. The summed E-state index contributed by atoms with van der Waals surface area (Å²) in [7, 11) is 2.03. The Labute approximate surface area is 102 Å². The lowest BCUT2D eigenvalue weighted by Crippen LogP contribution is -2.55. The van der Waals surface area contributed by atoms with E-state index in [0.29, 0.717) is 19.1 Å². The van der Waals surface area contributed by atoms with E-state index in [1.54, 1.807) is 11.8 Å². The summed E-state index contributed by atoms with van der Waals surface area (Å²) in [5, 5.41) is 11.3. The van der Waals surface area contributed by atoms with Gasteiger partial charge in [0.15, 0.2) is 0 Å². The summed E-state index contributed by atoms with van der Waals surface area (Å²) in [5.41, 5.74) is 0. The fourth-order valence-corrected chi connectivity index (χ4v) is 1.85. The molecule has 98 valence electrons. The van der Waals surface area contributed by atoms with E-state index in [-0.39, 0.29) is 18.5 Å². The molecule has 6 heteroatoms. The van der Waals surface area contributed by atoms with E-state index in [0.717, 1.165) is 6.54 Å². The summed E-state index contributed by atoms with van der Waals surface area (Å²) < 4.78 is 0. The van der Waals surface area contributed by atoms with Gasteiger partial charge < -0.3 is 20.2 Å². The lowest BCUT2D eigenvalue weighted by Gasteiger charge is -2.38. The molecule has 2 N–H and O–H groups in total. The van der Waals surface area contributed by atoms with Crippen molar-refractivity contribution in [2.45, 2.75) is 32.4 Å². The molecule has 0 aromatic carbocycles. The number of hydrogen-bond acceptors (Lipinski definition) is 3. The van der Waals surface area contributed by atoms with Crippen LogP contribution >= 0.6 is 0 Å². The third-order valence-corrected chi connectivity index (χ3v) is 3.10. The third-order valence-electron chi connectivity index (χ3n) is 3.10. The molecule has 0 aromatic rings. The van der Waals surface area contributed by atoms with Crippen LogP contribution in [0.25, 0.3) is 0 Å². The van der Waals surface area contributed by atoms with E-state index in [1.165, 1.54) is 0 Å². The molecule has 0 radical (unpaired) electrons. The molecule has 1 rings (SSSR count). The number of piperazine rings is 1. The van der Waals surface area contributed by atoms with Gasteiger partial charge in [0.05, 0.1) is 6.42 Å². The fraction of sp³-hybridized carbons (Fsp3) is 0.818. The summed E-state index contributed by atoms with van der Waals surface area (Å²) >= 11 is 0. The number of aliphatic carboxylic acids is 1. The molecule has 1 fully saturated rings. The van der Waals surface area contributed by atoms with Crippen LogP contribution in [0.3, 0.4) is 0 Å². The lowest BCUT2D eigenvalue weighted by atomic mass is 10.2. The van der Waals surface area contributed by atoms with Crippen molar-refractivity contribution < 1.29 is 14.7 Å². The van der Waals surface area contributed by atoms with Crippen molar-refractivity contribution in [2.75, 3.05) is 26.7 Å². The molecule has 0 aromatic heterocycles. The number of likely N-dealkylation sites (N-methyl/N-ethyl adjacent to an activating group) is 1. The SMILES string of the molecule is CC(CC(=O)O)NC(=O)N1CCN(C)C(C)C1. The molecule has 17 heavy (non-hydrogen) atoms. The van der Waals surface area contributed by atoms with Crippen LogP contribution in [0.4, 0.5) is 4.79 Å². The summed E-state index contributed by atoms with van der Waals surface area (Å²) in [6.45, 7) is 5.99. The van der Waals surface area contributed by atoms with Crippen LogP contribution in [0.2, 0.25) is 0 Å². The molecular formula is C11H21N3O3. The van der Waals surface area contributed by atoms with Crippen LogP contribution in [0.15, 0.2) is 0 Å². The van der Waals surface area contributed by atoms with Crippen molar-refractivity contribution >= 4 is 12.0 Å². The summed E-state index contributed by atoms with van der Waals surface area (Å²) in [4.78, 5) is 26.3. The highest BCUT2D eigenvalue weighted by Gasteiger charge is 2.25. The van der Waals surface area contributed by atoms with Gasteiger partial charge in [-0.15, -0.1) is 0 Å². The van der Waals surface area contributed by atoms with E-state index in [4.69, 9.17) is 5.11 Å². The minimum atomic E-state index is -0.899. The Morgan fingerprint density at radius 1 is 1.47 bits per heavy atom. The lowest BCUT2D eigenvalue weighted by molar-refractivity contribution is -0.137. The molecule has 1 aliphatic heterocycles. The molecule has 0 spiro atoms. The monoisotopic (exact) mass is 243 g/mol. The first-order valence-corrected chi connectivity index (χ1v) is 5.87. The second-order valence-corrected chi connectivity index (χ2v) is 4.72.